The van der Waals surface area contributed by atoms with E-state index in [9.17, 15) is 0 Å². The van der Waals surface area contributed by atoms with Crippen molar-refractivity contribution in [2.75, 3.05) is 13.1 Å². The predicted octanol–water partition coefficient (Wildman–Crippen LogP) is 2.02. The Labute approximate surface area is 110 Å². The minimum absolute atomic E-state index is 0.310. The molecule has 1 aliphatic heterocycles. The van der Waals surface area contributed by atoms with Gasteiger partial charge >= 0.3 is 0 Å². The SMILES string of the molecule is CCn1cncc1C(CN)N1CC(C)CCC1C. The summed E-state index contributed by atoms with van der Waals surface area (Å²) < 4.78 is 2.21. The molecule has 1 fully saturated rings. The number of aromatic nitrogens is 2. The first-order chi connectivity index (χ1) is 8.67. The van der Waals surface area contributed by atoms with Gasteiger partial charge < -0.3 is 10.3 Å². The molecule has 0 saturated carbocycles. The van der Waals surface area contributed by atoms with Crippen LogP contribution in [0.4, 0.5) is 0 Å². The van der Waals surface area contributed by atoms with Gasteiger partial charge in [0.05, 0.1) is 18.1 Å². The summed E-state index contributed by atoms with van der Waals surface area (Å²) in [4.78, 5) is 6.85. The topological polar surface area (TPSA) is 47.1 Å². The number of imidazole rings is 1. The number of nitrogens with zero attached hydrogens (tertiary/aromatic N) is 3. The second-order valence-electron chi connectivity index (χ2n) is 5.58. The summed E-state index contributed by atoms with van der Waals surface area (Å²) >= 11 is 0. The summed E-state index contributed by atoms with van der Waals surface area (Å²) in [7, 11) is 0. The molecule has 0 spiro atoms. The molecular weight excluding hydrogens is 224 g/mol. The highest BCUT2D eigenvalue weighted by Gasteiger charge is 2.30. The first-order valence-electron chi connectivity index (χ1n) is 7.13. The molecule has 0 amide bonds. The van der Waals surface area contributed by atoms with E-state index in [1.54, 1.807) is 0 Å². The maximum Gasteiger partial charge on any atom is 0.0948 e. The largest absolute Gasteiger partial charge is 0.333 e. The van der Waals surface area contributed by atoms with Crippen LogP contribution in [0.1, 0.15) is 45.3 Å². The fourth-order valence-corrected chi connectivity index (χ4v) is 3.06. The average Bonchev–Trinajstić information content (AvgIpc) is 2.83. The van der Waals surface area contributed by atoms with Crippen molar-refractivity contribution in [2.45, 2.75) is 52.2 Å². The van der Waals surface area contributed by atoms with Crippen molar-refractivity contribution in [3.63, 3.8) is 0 Å². The van der Waals surface area contributed by atoms with Gasteiger partial charge in [0.2, 0.25) is 0 Å². The molecule has 0 radical (unpaired) electrons. The van der Waals surface area contributed by atoms with Gasteiger partial charge in [-0.25, -0.2) is 4.98 Å². The van der Waals surface area contributed by atoms with Crippen molar-refractivity contribution < 1.29 is 0 Å². The minimum Gasteiger partial charge on any atom is -0.333 e. The fourth-order valence-electron chi connectivity index (χ4n) is 3.06. The molecule has 1 saturated heterocycles. The molecule has 2 heterocycles. The monoisotopic (exact) mass is 250 g/mol. The third kappa shape index (κ3) is 2.59. The zero-order valence-electron chi connectivity index (χ0n) is 11.8. The number of nitrogens with two attached hydrogens (primary N) is 1. The smallest absolute Gasteiger partial charge is 0.0948 e. The average molecular weight is 250 g/mol. The Kier molecular flexibility index (Phi) is 4.40. The van der Waals surface area contributed by atoms with Crippen LogP contribution in [0.5, 0.6) is 0 Å². The summed E-state index contributed by atoms with van der Waals surface area (Å²) in [6.07, 6.45) is 6.50. The zero-order valence-corrected chi connectivity index (χ0v) is 11.8. The van der Waals surface area contributed by atoms with Gasteiger partial charge in [-0.2, -0.15) is 0 Å². The van der Waals surface area contributed by atoms with E-state index in [1.807, 2.05) is 12.5 Å². The van der Waals surface area contributed by atoms with Gasteiger partial charge in [0.15, 0.2) is 0 Å². The van der Waals surface area contributed by atoms with Crippen LogP contribution in [0.3, 0.4) is 0 Å². The van der Waals surface area contributed by atoms with Crippen molar-refractivity contribution in [1.29, 1.82) is 0 Å². The van der Waals surface area contributed by atoms with Gasteiger partial charge in [0, 0.05) is 31.9 Å². The molecular formula is C14H26N4. The molecule has 18 heavy (non-hydrogen) atoms. The maximum atomic E-state index is 6.04. The lowest BCUT2D eigenvalue weighted by Crippen LogP contribution is -2.46. The molecule has 3 unspecified atom stereocenters. The van der Waals surface area contributed by atoms with Crippen LogP contribution < -0.4 is 5.73 Å². The van der Waals surface area contributed by atoms with E-state index >= 15 is 0 Å². The van der Waals surface area contributed by atoms with E-state index in [2.05, 4.69) is 35.2 Å². The molecule has 2 N–H and O–H groups in total. The molecule has 3 atom stereocenters. The number of likely N-dealkylation sites (tertiary alicyclic amines) is 1. The van der Waals surface area contributed by atoms with Gasteiger partial charge in [-0.1, -0.05) is 6.92 Å². The number of hydrogen-bond donors (Lipinski definition) is 1. The Morgan fingerprint density at radius 2 is 2.22 bits per heavy atom. The first-order valence-corrected chi connectivity index (χ1v) is 7.13. The normalized spacial score (nSPS) is 27.3. The first kappa shape index (κ1) is 13.6. The standard InChI is InChI=1S/C14H26N4/c1-4-17-10-16-8-14(17)13(7-15)18-9-11(2)5-6-12(18)3/h8,10-13H,4-7,9,15H2,1-3H3. The van der Waals surface area contributed by atoms with Gasteiger partial charge in [0.25, 0.3) is 0 Å². The van der Waals surface area contributed by atoms with E-state index in [-0.39, 0.29) is 0 Å². The second kappa shape index (κ2) is 5.85. The molecule has 2 rings (SSSR count). The van der Waals surface area contributed by atoms with Crippen molar-refractivity contribution in [3.8, 4) is 0 Å². The third-order valence-corrected chi connectivity index (χ3v) is 4.22. The molecule has 0 aliphatic carbocycles. The van der Waals surface area contributed by atoms with Crippen LogP contribution in [0.2, 0.25) is 0 Å². The van der Waals surface area contributed by atoms with Crippen LogP contribution in [-0.4, -0.2) is 33.6 Å². The summed E-state index contributed by atoms with van der Waals surface area (Å²) in [5, 5.41) is 0. The molecule has 0 bridgehead atoms. The van der Waals surface area contributed by atoms with E-state index in [0.717, 1.165) is 19.0 Å². The van der Waals surface area contributed by atoms with Crippen molar-refractivity contribution in [2.24, 2.45) is 11.7 Å². The number of aryl methyl sites for hydroxylation is 1. The van der Waals surface area contributed by atoms with Crippen LogP contribution in [0.15, 0.2) is 12.5 Å². The summed E-state index contributed by atoms with van der Waals surface area (Å²) in [5.74, 6) is 0.772. The van der Waals surface area contributed by atoms with Crippen molar-refractivity contribution in [1.82, 2.24) is 14.5 Å². The lowest BCUT2D eigenvalue weighted by molar-refractivity contribution is 0.0763. The van der Waals surface area contributed by atoms with Crippen molar-refractivity contribution in [3.05, 3.63) is 18.2 Å². The molecule has 4 heteroatoms. The van der Waals surface area contributed by atoms with E-state index in [1.165, 1.54) is 18.5 Å². The molecule has 1 aromatic heterocycles. The van der Waals surface area contributed by atoms with E-state index < -0.39 is 0 Å². The van der Waals surface area contributed by atoms with Gasteiger partial charge in [0.1, 0.15) is 0 Å². The lowest BCUT2D eigenvalue weighted by Gasteiger charge is -2.41. The van der Waals surface area contributed by atoms with Crippen LogP contribution in [0.25, 0.3) is 0 Å². The lowest BCUT2D eigenvalue weighted by atomic mass is 9.93. The Hall–Kier alpha value is -0.870. The number of hydrogen-bond acceptors (Lipinski definition) is 3. The Bertz CT molecular complexity index is 374. The number of rotatable bonds is 4. The second-order valence-corrected chi connectivity index (χ2v) is 5.58. The highest BCUT2D eigenvalue weighted by atomic mass is 15.2. The molecule has 0 aromatic carbocycles. The van der Waals surface area contributed by atoms with E-state index in [0.29, 0.717) is 18.6 Å². The molecule has 4 nitrogen and oxygen atoms in total. The number of piperidine rings is 1. The highest BCUT2D eigenvalue weighted by Crippen LogP contribution is 2.30. The summed E-state index contributed by atoms with van der Waals surface area (Å²) in [5.41, 5.74) is 7.31. The maximum absolute atomic E-state index is 6.04. The highest BCUT2D eigenvalue weighted by molar-refractivity contribution is 5.07. The van der Waals surface area contributed by atoms with Gasteiger partial charge in [-0.05, 0) is 32.6 Å². The molecule has 102 valence electrons. The van der Waals surface area contributed by atoms with Crippen LogP contribution >= 0.6 is 0 Å². The minimum atomic E-state index is 0.310. The Morgan fingerprint density at radius 3 is 2.89 bits per heavy atom. The predicted molar refractivity (Wildman–Crippen MR) is 74.3 cm³/mol. The summed E-state index contributed by atoms with van der Waals surface area (Å²) in [6, 6.07) is 0.931. The van der Waals surface area contributed by atoms with Crippen LogP contribution in [0, 0.1) is 5.92 Å². The Balaban J connectivity index is 2.22. The Morgan fingerprint density at radius 1 is 1.44 bits per heavy atom. The quantitative estimate of drug-likeness (QED) is 0.889. The van der Waals surface area contributed by atoms with E-state index in [4.69, 9.17) is 5.73 Å². The fraction of sp³-hybridized carbons (Fsp3) is 0.786. The summed E-state index contributed by atoms with van der Waals surface area (Å²) in [6.45, 7) is 9.59. The molecule has 1 aromatic rings. The van der Waals surface area contributed by atoms with Crippen molar-refractivity contribution >= 4 is 0 Å². The van der Waals surface area contributed by atoms with Crippen LogP contribution in [-0.2, 0) is 6.54 Å². The third-order valence-electron chi connectivity index (χ3n) is 4.22. The van der Waals surface area contributed by atoms with Gasteiger partial charge in [-0.3, -0.25) is 4.90 Å². The zero-order chi connectivity index (χ0) is 13.1. The van der Waals surface area contributed by atoms with Gasteiger partial charge in [-0.15, -0.1) is 0 Å². The molecule has 1 aliphatic rings.